The lowest BCUT2D eigenvalue weighted by molar-refractivity contribution is 0.414. The van der Waals surface area contributed by atoms with Gasteiger partial charge in [-0.15, -0.1) is 0 Å². The average molecular weight is 338 g/mol. The number of ether oxygens (including phenoxy) is 1. The molecule has 0 aliphatic heterocycles. The van der Waals surface area contributed by atoms with Crippen molar-refractivity contribution in [1.29, 1.82) is 0 Å². The third kappa shape index (κ3) is 4.32. The SMILES string of the molecule is COc1cccc(CCNCc2ccc(F)cc2Br)c1. The van der Waals surface area contributed by atoms with Gasteiger partial charge in [-0.25, -0.2) is 4.39 Å². The van der Waals surface area contributed by atoms with Gasteiger partial charge >= 0.3 is 0 Å². The molecule has 2 aromatic carbocycles. The Morgan fingerprint density at radius 2 is 2.05 bits per heavy atom. The molecule has 0 aliphatic carbocycles. The molecule has 0 saturated carbocycles. The van der Waals surface area contributed by atoms with Gasteiger partial charge in [0.05, 0.1) is 7.11 Å². The minimum atomic E-state index is -0.225. The largest absolute Gasteiger partial charge is 0.497 e. The number of benzene rings is 2. The van der Waals surface area contributed by atoms with E-state index in [9.17, 15) is 4.39 Å². The zero-order valence-corrected chi connectivity index (χ0v) is 12.9. The van der Waals surface area contributed by atoms with Crippen LogP contribution in [0.2, 0.25) is 0 Å². The topological polar surface area (TPSA) is 21.3 Å². The predicted molar refractivity (Wildman–Crippen MR) is 82.5 cm³/mol. The van der Waals surface area contributed by atoms with E-state index in [1.165, 1.54) is 17.7 Å². The van der Waals surface area contributed by atoms with Crippen LogP contribution in [0.4, 0.5) is 4.39 Å². The Balaban J connectivity index is 1.81. The smallest absolute Gasteiger partial charge is 0.124 e. The molecule has 0 radical (unpaired) electrons. The van der Waals surface area contributed by atoms with Crippen LogP contribution in [-0.2, 0) is 13.0 Å². The second kappa shape index (κ2) is 7.41. The Hall–Kier alpha value is -1.39. The summed E-state index contributed by atoms with van der Waals surface area (Å²) in [5.74, 6) is 0.654. The van der Waals surface area contributed by atoms with E-state index in [0.29, 0.717) is 6.54 Å². The maximum absolute atomic E-state index is 13.0. The first-order valence-electron chi connectivity index (χ1n) is 6.46. The second-order valence-electron chi connectivity index (χ2n) is 4.51. The van der Waals surface area contributed by atoms with Crippen molar-refractivity contribution in [2.24, 2.45) is 0 Å². The molecule has 0 atom stereocenters. The van der Waals surface area contributed by atoms with Crippen molar-refractivity contribution in [2.45, 2.75) is 13.0 Å². The maximum Gasteiger partial charge on any atom is 0.124 e. The summed E-state index contributed by atoms with van der Waals surface area (Å²) in [6, 6.07) is 12.8. The van der Waals surface area contributed by atoms with Gasteiger partial charge in [-0.2, -0.15) is 0 Å². The van der Waals surface area contributed by atoms with Crippen molar-refractivity contribution in [3.05, 3.63) is 63.9 Å². The van der Waals surface area contributed by atoms with Crippen LogP contribution in [0.3, 0.4) is 0 Å². The van der Waals surface area contributed by atoms with Gasteiger partial charge in [0, 0.05) is 11.0 Å². The van der Waals surface area contributed by atoms with E-state index < -0.39 is 0 Å². The summed E-state index contributed by atoms with van der Waals surface area (Å²) >= 11 is 3.37. The van der Waals surface area contributed by atoms with E-state index in [1.807, 2.05) is 18.2 Å². The van der Waals surface area contributed by atoms with Crippen molar-refractivity contribution in [1.82, 2.24) is 5.32 Å². The molecule has 0 saturated heterocycles. The number of halogens is 2. The van der Waals surface area contributed by atoms with Crippen LogP contribution in [0.25, 0.3) is 0 Å². The molecule has 2 rings (SSSR count). The molecule has 1 N–H and O–H groups in total. The molecule has 0 amide bonds. The van der Waals surface area contributed by atoms with Gasteiger partial charge in [0.1, 0.15) is 11.6 Å². The molecule has 0 fully saturated rings. The number of rotatable bonds is 6. The van der Waals surface area contributed by atoms with Crippen molar-refractivity contribution in [3.8, 4) is 5.75 Å². The Bertz CT molecular complexity index is 574. The Kier molecular flexibility index (Phi) is 5.56. The Labute approximate surface area is 127 Å². The summed E-state index contributed by atoms with van der Waals surface area (Å²) in [7, 11) is 1.67. The Morgan fingerprint density at radius 1 is 1.20 bits per heavy atom. The minimum absolute atomic E-state index is 0.225. The monoisotopic (exact) mass is 337 g/mol. The zero-order valence-electron chi connectivity index (χ0n) is 11.3. The lowest BCUT2D eigenvalue weighted by atomic mass is 10.1. The molecular weight excluding hydrogens is 321 g/mol. The summed E-state index contributed by atoms with van der Waals surface area (Å²) in [5.41, 5.74) is 2.28. The summed E-state index contributed by atoms with van der Waals surface area (Å²) in [6.07, 6.45) is 0.927. The molecule has 4 heteroatoms. The first kappa shape index (κ1) is 15.0. The van der Waals surface area contributed by atoms with Gasteiger partial charge < -0.3 is 10.1 Å². The summed E-state index contributed by atoms with van der Waals surface area (Å²) in [5, 5.41) is 3.35. The molecule has 20 heavy (non-hydrogen) atoms. The zero-order chi connectivity index (χ0) is 14.4. The van der Waals surface area contributed by atoms with Crippen LogP contribution >= 0.6 is 15.9 Å². The van der Waals surface area contributed by atoms with Gasteiger partial charge in [0.25, 0.3) is 0 Å². The molecule has 2 nitrogen and oxygen atoms in total. The molecule has 2 aromatic rings. The lowest BCUT2D eigenvalue weighted by Crippen LogP contribution is -2.17. The first-order valence-corrected chi connectivity index (χ1v) is 7.26. The summed E-state index contributed by atoms with van der Waals surface area (Å²) < 4.78 is 19.0. The van der Waals surface area contributed by atoms with E-state index in [-0.39, 0.29) is 5.82 Å². The van der Waals surface area contributed by atoms with Crippen molar-refractivity contribution >= 4 is 15.9 Å². The molecule has 0 aliphatic rings. The number of hydrogen-bond donors (Lipinski definition) is 1. The molecule has 0 aromatic heterocycles. The highest BCUT2D eigenvalue weighted by Gasteiger charge is 2.01. The van der Waals surface area contributed by atoms with Gasteiger partial charge in [-0.1, -0.05) is 34.1 Å². The van der Waals surface area contributed by atoms with Crippen LogP contribution < -0.4 is 10.1 Å². The lowest BCUT2D eigenvalue weighted by Gasteiger charge is -2.08. The van der Waals surface area contributed by atoms with Crippen molar-refractivity contribution in [3.63, 3.8) is 0 Å². The van der Waals surface area contributed by atoms with E-state index >= 15 is 0 Å². The molecule has 106 valence electrons. The summed E-state index contributed by atoms with van der Waals surface area (Å²) in [6.45, 7) is 1.57. The summed E-state index contributed by atoms with van der Waals surface area (Å²) in [4.78, 5) is 0. The Morgan fingerprint density at radius 3 is 2.80 bits per heavy atom. The van der Waals surface area contributed by atoms with E-state index in [2.05, 4.69) is 27.3 Å². The van der Waals surface area contributed by atoms with Gasteiger partial charge in [0.15, 0.2) is 0 Å². The fourth-order valence-corrected chi connectivity index (χ4v) is 2.44. The number of hydrogen-bond acceptors (Lipinski definition) is 2. The van der Waals surface area contributed by atoms with E-state index in [0.717, 1.165) is 28.8 Å². The maximum atomic E-state index is 13.0. The van der Waals surface area contributed by atoms with Gasteiger partial charge in [-0.05, 0) is 48.4 Å². The third-order valence-electron chi connectivity index (χ3n) is 3.06. The fourth-order valence-electron chi connectivity index (χ4n) is 1.95. The van der Waals surface area contributed by atoms with Crippen LogP contribution in [0.5, 0.6) is 5.75 Å². The highest BCUT2D eigenvalue weighted by Crippen LogP contribution is 2.18. The average Bonchev–Trinajstić information content (AvgIpc) is 2.45. The van der Waals surface area contributed by atoms with E-state index in [4.69, 9.17) is 4.74 Å². The van der Waals surface area contributed by atoms with Crippen molar-refractivity contribution in [2.75, 3.05) is 13.7 Å². The van der Waals surface area contributed by atoms with Crippen LogP contribution in [0.1, 0.15) is 11.1 Å². The van der Waals surface area contributed by atoms with E-state index in [1.54, 1.807) is 13.2 Å². The van der Waals surface area contributed by atoms with Crippen LogP contribution in [0, 0.1) is 5.82 Å². The molecule has 0 unspecified atom stereocenters. The quantitative estimate of drug-likeness (QED) is 0.806. The predicted octanol–water partition coefficient (Wildman–Crippen LogP) is 3.93. The van der Waals surface area contributed by atoms with Crippen LogP contribution in [0.15, 0.2) is 46.9 Å². The first-order chi connectivity index (χ1) is 9.69. The normalized spacial score (nSPS) is 10.6. The van der Waals surface area contributed by atoms with Gasteiger partial charge in [-0.3, -0.25) is 0 Å². The minimum Gasteiger partial charge on any atom is -0.497 e. The number of nitrogens with one attached hydrogen (secondary N) is 1. The second-order valence-corrected chi connectivity index (χ2v) is 5.37. The third-order valence-corrected chi connectivity index (χ3v) is 3.79. The molecular formula is C16H17BrFNO. The standard InChI is InChI=1S/C16H17BrFNO/c1-20-15-4-2-3-12(9-15)7-8-19-11-13-5-6-14(18)10-16(13)17/h2-6,9-10,19H,7-8,11H2,1H3. The fraction of sp³-hybridized carbons (Fsp3) is 0.250. The van der Waals surface area contributed by atoms with Crippen molar-refractivity contribution < 1.29 is 9.13 Å². The molecule has 0 spiro atoms. The van der Waals surface area contributed by atoms with Crippen LogP contribution in [-0.4, -0.2) is 13.7 Å². The number of methoxy groups -OCH3 is 1. The highest BCUT2D eigenvalue weighted by molar-refractivity contribution is 9.10. The van der Waals surface area contributed by atoms with Gasteiger partial charge in [0.2, 0.25) is 0 Å². The molecule has 0 heterocycles. The molecule has 0 bridgehead atoms. The highest BCUT2D eigenvalue weighted by atomic mass is 79.9.